The number of thiazole rings is 1. The molecule has 6 heteroatoms. The van der Waals surface area contributed by atoms with Crippen molar-refractivity contribution < 1.29 is 9.18 Å². The topological polar surface area (TPSA) is 54.0 Å². The lowest BCUT2D eigenvalue weighted by atomic mass is 10.1. The first-order chi connectivity index (χ1) is 10.6. The number of aryl methyl sites for hydroxylation is 2. The Morgan fingerprint density at radius 3 is 2.86 bits per heavy atom. The summed E-state index contributed by atoms with van der Waals surface area (Å²) >= 11 is 1.66. The smallest absolute Gasteiger partial charge is 0.251 e. The van der Waals surface area contributed by atoms with Crippen molar-refractivity contribution in [2.75, 3.05) is 13.1 Å². The number of rotatable bonds is 7. The second kappa shape index (κ2) is 8.00. The fraction of sp³-hybridized carbons (Fsp3) is 0.375. The summed E-state index contributed by atoms with van der Waals surface area (Å²) in [7, 11) is 0. The number of hydrogen-bond acceptors (Lipinski definition) is 4. The van der Waals surface area contributed by atoms with Crippen molar-refractivity contribution in [3.63, 3.8) is 0 Å². The summed E-state index contributed by atoms with van der Waals surface area (Å²) in [6, 6.07) is 4.50. The number of carbonyl (C=O) groups is 1. The molecule has 0 radical (unpaired) electrons. The average molecular weight is 321 g/mol. The number of nitrogens with one attached hydrogen (secondary N) is 2. The van der Waals surface area contributed by atoms with Crippen LogP contribution in [-0.4, -0.2) is 24.0 Å². The van der Waals surface area contributed by atoms with Crippen molar-refractivity contribution in [1.82, 2.24) is 15.6 Å². The fourth-order valence-corrected chi connectivity index (χ4v) is 2.65. The summed E-state index contributed by atoms with van der Waals surface area (Å²) in [6.07, 6.45) is 0.952. The Bertz CT molecular complexity index is 642. The van der Waals surface area contributed by atoms with Crippen molar-refractivity contribution in [2.45, 2.75) is 26.8 Å². The van der Waals surface area contributed by atoms with E-state index in [0.717, 1.165) is 17.1 Å². The first-order valence-corrected chi connectivity index (χ1v) is 8.16. The van der Waals surface area contributed by atoms with Gasteiger partial charge >= 0.3 is 0 Å². The Morgan fingerprint density at radius 1 is 1.36 bits per heavy atom. The third-order valence-electron chi connectivity index (χ3n) is 3.23. The summed E-state index contributed by atoms with van der Waals surface area (Å²) in [5, 5.41) is 9.16. The predicted octanol–water partition coefficient (Wildman–Crippen LogP) is 2.67. The van der Waals surface area contributed by atoms with E-state index in [0.29, 0.717) is 30.8 Å². The quantitative estimate of drug-likeness (QED) is 0.771. The lowest BCUT2D eigenvalue weighted by molar-refractivity contribution is 0.0953. The summed E-state index contributed by atoms with van der Waals surface area (Å²) in [5.41, 5.74) is 1.90. The zero-order valence-corrected chi connectivity index (χ0v) is 13.6. The van der Waals surface area contributed by atoms with Gasteiger partial charge in [0, 0.05) is 30.6 Å². The molecule has 1 aromatic carbocycles. The molecule has 0 fully saturated rings. The minimum absolute atomic E-state index is 0.261. The summed E-state index contributed by atoms with van der Waals surface area (Å²) in [4.78, 5) is 16.3. The van der Waals surface area contributed by atoms with Crippen LogP contribution in [0.15, 0.2) is 23.6 Å². The van der Waals surface area contributed by atoms with Gasteiger partial charge < -0.3 is 10.6 Å². The van der Waals surface area contributed by atoms with E-state index in [1.165, 1.54) is 6.07 Å². The van der Waals surface area contributed by atoms with E-state index in [1.807, 2.05) is 5.38 Å². The van der Waals surface area contributed by atoms with Gasteiger partial charge in [-0.1, -0.05) is 13.0 Å². The van der Waals surface area contributed by atoms with E-state index in [2.05, 4.69) is 22.5 Å². The van der Waals surface area contributed by atoms with Crippen LogP contribution in [0.25, 0.3) is 0 Å². The Labute approximate surface area is 133 Å². The molecule has 2 rings (SSSR count). The molecule has 1 amide bonds. The van der Waals surface area contributed by atoms with Gasteiger partial charge in [-0.15, -0.1) is 11.3 Å². The molecule has 0 atom stereocenters. The van der Waals surface area contributed by atoms with Crippen molar-refractivity contribution in [3.05, 3.63) is 51.2 Å². The summed E-state index contributed by atoms with van der Waals surface area (Å²) < 4.78 is 13.4. The molecule has 0 aliphatic carbocycles. The van der Waals surface area contributed by atoms with E-state index >= 15 is 0 Å². The largest absolute Gasteiger partial charge is 0.351 e. The Balaban J connectivity index is 1.69. The van der Waals surface area contributed by atoms with Gasteiger partial charge in [-0.05, 0) is 31.0 Å². The predicted molar refractivity (Wildman–Crippen MR) is 86.7 cm³/mol. The van der Waals surface area contributed by atoms with Crippen LogP contribution in [0.4, 0.5) is 4.39 Å². The number of nitrogens with zero attached hydrogens (tertiary/aromatic N) is 1. The van der Waals surface area contributed by atoms with Crippen molar-refractivity contribution in [2.24, 2.45) is 0 Å². The highest BCUT2D eigenvalue weighted by atomic mass is 32.1. The molecule has 0 bridgehead atoms. The minimum atomic E-state index is -0.360. The van der Waals surface area contributed by atoms with Crippen LogP contribution in [-0.2, 0) is 13.0 Å². The first-order valence-electron chi connectivity index (χ1n) is 7.28. The summed E-state index contributed by atoms with van der Waals surface area (Å²) in [5.74, 6) is -0.622. The second-order valence-corrected chi connectivity index (χ2v) is 5.93. The number of aromatic nitrogens is 1. The monoisotopic (exact) mass is 321 g/mol. The van der Waals surface area contributed by atoms with Gasteiger partial charge in [0.05, 0.1) is 10.7 Å². The van der Waals surface area contributed by atoms with Crippen molar-refractivity contribution in [3.8, 4) is 0 Å². The third-order valence-corrected chi connectivity index (χ3v) is 4.27. The Morgan fingerprint density at radius 2 is 2.18 bits per heavy atom. The maximum Gasteiger partial charge on any atom is 0.251 e. The maximum absolute atomic E-state index is 13.4. The van der Waals surface area contributed by atoms with E-state index < -0.39 is 0 Å². The van der Waals surface area contributed by atoms with Gasteiger partial charge in [-0.2, -0.15) is 0 Å². The fourth-order valence-electron chi connectivity index (χ4n) is 1.91. The van der Waals surface area contributed by atoms with Crippen LogP contribution in [0, 0.1) is 12.7 Å². The molecule has 1 aromatic heterocycles. The number of benzene rings is 1. The molecule has 118 valence electrons. The molecule has 4 nitrogen and oxygen atoms in total. The third kappa shape index (κ3) is 4.61. The molecule has 0 aliphatic heterocycles. The van der Waals surface area contributed by atoms with Crippen LogP contribution < -0.4 is 10.6 Å². The van der Waals surface area contributed by atoms with E-state index in [-0.39, 0.29) is 11.7 Å². The lowest BCUT2D eigenvalue weighted by Crippen LogP contribution is -2.31. The van der Waals surface area contributed by atoms with Gasteiger partial charge in [-0.3, -0.25) is 4.79 Å². The molecule has 1 heterocycles. The second-order valence-electron chi connectivity index (χ2n) is 4.98. The average Bonchev–Trinajstić information content (AvgIpc) is 2.97. The van der Waals surface area contributed by atoms with Crippen molar-refractivity contribution >= 4 is 17.2 Å². The molecule has 2 aromatic rings. The number of carbonyl (C=O) groups excluding carboxylic acids is 1. The number of halogens is 1. The molecule has 2 N–H and O–H groups in total. The Kier molecular flexibility index (Phi) is 6.03. The van der Waals surface area contributed by atoms with Crippen LogP contribution in [0.5, 0.6) is 0 Å². The SMILES string of the molecule is CCc1nc(CNCCNC(=O)c2ccc(C)c(F)c2)cs1. The minimum Gasteiger partial charge on any atom is -0.351 e. The summed E-state index contributed by atoms with van der Waals surface area (Å²) in [6.45, 7) is 5.56. The number of hydrogen-bond donors (Lipinski definition) is 2. The zero-order valence-electron chi connectivity index (χ0n) is 12.8. The van der Waals surface area contributed by atoms with Gasteiger partial charge in [0.15, 0.2) is 0 Å². The van der Waals surface area contributed by atoms with Gasteiger partial charge in [0.25, 0.3) is 5.91 Å². The van der Waals surface area contributed by atoms with Gasteiger partial charge in [-0.25, -0.2) is 9.37 Å². The maximum atomic E-state index is 13.4. The molecule has 0 saturated carbocycles. The van der Waals surface area contributed by atoms with Gasteiger partial charge in [0.2, 0.25) is 0 Å². The molecule has 22 heavy (non-hydrogen) atoms. The van der Waals surface area contributed by atoms with E-state index in [4.69, 9.17) is 0 Å². The van der Waals surface area contributed by atoms with Crippen LogP contribution in [0.1, 0.15) is 33.5 Å². The first kappa shape index (κ1) is 16.6. The molecular formula is C16H20FN3OS. The highest BCUT2D eigenvalue weighted by Gasteiger charge is 2.07. The highest BCUT2D eigenvalue weighted by Crippen LogP contribution is 2.10. The normalized spacial score (nSPS) is 10.7. The lowest BCUT2D eigenvalue weighted by Gasteiger charge is -2.07. The van der Waals surface area contributed by atoms with Gasteiger partial charge in [0.1, 0.15) is 5.82 Å². The molecule has 0 saturated heterocycles. The molecule has 0 unspecified atom stereocenters. The molecule has 0 aliphatic rings. The number of amides is 1. The van der Waals surface area contributed by atoms with Crippen LogP contribution in [0.3, 0.4) is 0 Å². The highest BCUT2D eigenvalue weighted by molar-refractivity contribution is 7.09. The van der Waals surface area contributed by atoms with Crippen LogP contribution in [0.2, 0.25) is 0 Å². The van der Waals surface area contributed by atoms with E-state index in [9.17, 15) is 9.18 Å². The van der Waals surface area contributed by atoms with Crippen LogP contribution >= 0.6 is 11.3 Å². The Hall–Kier alpha value is -1.79. The molecule has 0 spiro atoms. The zero-order chi connectivity index (χ0) is 15.9. The van der Waals surface area contributed by atoms with E-state index in [1.54, 1.807) is 30.4 Å². The standard InChI is InChI=1S/C16H20FN3OS/c1-3-15-20-13(10-22-15)9-18-6-7-19-16(21)12-5-4-11(2)14(17)8-12/h4-5,8,10,18H,3,6-7,9H2,1-2H3,(H,19,21). The molecular weight excluding hydrogens is 301 g/mol. The van der Waals surface area contributed by atoms with Crippen molar-refractivity contribution in [1.29, 1.82) is 0 Å².